The smallest absolute Gasteiger partial charge is 0.362 e. The molecule has 0 aliphatic heterocycles. The van der Waals surface area contributed by atoms with Gasteiger partial charge in [0.05, 0.1) is 4.92 Å². The van der Waals surface area contributed by atoms with Crippen LogP contribution in [0.4, 0.5) is 5.69 Å². The average Bonchev–Trinajstić information content (AvgIpc) is 2.74. The summed E-state index contributed by atoms with van der Waals surface area (Å²) in [5.74, 6) is 0.443. The number of rotatable bonds is 4. The van der Waals surface area contributed by atoms with Crippen LogP contribution in [-0.2, 0) is 0 Å². The van der Waals surface area contributed by atoms with Crippen molar-refractivity contribution in [2.75, 3.05) is 0 Å². The molecule has 0 spiro atoms. The van der Waals surface area contributed by atoms with E-state index in [1.807, 2.05) is 24.3 Å². The number of nitro benzene ring substituents is 1. The van der Waals surface area contributed by atoms with Crippen molar-refractivity contribution in [3.8, 4) is 0 Å². The first kappa shape index (κ1) is 18.9. The van der Waals surface area contributed by atoms with Crippen LogP contribution in [0.25, 0.3) is 22.9 Å². The summed E-state index contributed by atoms with van der Waals surface area (Å²) in [7, 11) is 0. The number of non-ortho nitro benzene ring substituents is 1. The van der Waals surface area contributed by atoms with Crippen molar-refractivity contribution < 1.29 is 14.4 Å². The highest BCUT2D eigenvalue weighted by molar-refractivity contribution is 5.79. The molecule has 0 radical (unpaired) electrons. The van der Waals surface area contributed by atoms with E-state index in [4.69, 9.17) is 4.42 Å². The number of hydrogen-bond acceptors (Lipinski definition) is 6. The molecular formula is C22H20N2O5. The van der Waals surface area contributed by atoms with Gasteiger partial charge in [-0.25, -0.2) is 9.78 Å². The third-order valence-electron chi connectivity index (χ3n) is 5.36. The number of nitrogens with zero attached hydrogens (tertiary/aromatic N) is 2. The predicted molar refractivity (Wildman–Crippen MR) is 110 cm³/mol. The van der Waals surface area contributed by atoms with Gasteiger partial charge < -0.3 is 9.52 Å². The number of aromatic nitrogens is 1. The SMILES string of the molecule is O=c1oc2ccc([N+](=O)[O-])cc2nc1/C=C(\O)c1ccc(C2CCCCC2)cc1. The van der Waals surface area contributed by atoms with Gasteiger partial charge in [-0.05, 0) is 30.4 Å². The Labute approximate surface area is 166 Å². The third-order valence-corrected chi connectivity index (χ3v) is 5.36. The largest absolute Gasteiger partial charge is 0.507 e. The van der Waals surface area contributed by atoms with Crippen molar-refractivity contribution in [2.45, 2.75) is 38.0 Å². The van der Waals surface area contributed by atoms with Crippen molar-refractivity contribution in [2.24, 2.45) is 0 Å². The Morgan fingerprint density at radius 3 is 2.55 bits per heavy atom. The van der Waals surface area contributed by atoms with E-state index < -0.39 is 10.5 Å². The second-order valence-electron chi connectivity index (χ2n) is 7.28. The summed E-state index contributed by atoms with van der Waals surface area (Å²) in [5.41, 5.74) is 1.14. The number of benzene rings is 2. The summed E-state index contributed by atoms with van der Waals surface area (Å²) in [5, 5.41) is 21.4. The van der Waals surface area contributed by atoms with Crippen LogP contribution in [0.15, 0.2) is 51.7 Å². The molecule has 0 bridgehead atoms. The number of fused-ring (bicyclic) bond motifs is 1. The summed E-state index contributed by atoms with van der Waals surface area (Å²) in [4.78, 5) is 26.7. The van der Waals surface area contributed by atoms with Gasteiger partial charge in [-0.2, -0.15) is 0 Å². The molecule has 1 N–H and O–H groups in total. The van der Waals surface area contributed by atoms with E-state index in [1.54, 1.807) is 0 Å². The first-order valence-corrected chi connectivity index (χ1v) is 9.61. The van der Waals surface area contributed by atoms with Crippen molar-refractivity contribution in [3.63, 3.8) is 0 Å². The minimum Gasteiger partial charge on any atom is -0.507 e. The molecule has 3 aromatic rings. The zero-order valence-electron chi connectivity index (χ0n) is 15.7. The fourth-order valence-corrected chi connectivity index (χ4v) is 3.79. The molecule has 1 fully saturated rings. The zero-order valence-corrected chi connectivity index (χ0v) is 15.7. The highest BCUT2D eigenvalue weighted by Crippen LogP contribution is 2.33. The molecule has 0 atom stereocenters. The van der Waals surface area contributed by atoms with Gasteiger partial charge in [0.1, 0.15) is 11.3 Å². The minimum absolute atomic E-state index is 0.119. The lowest BCUT2D eigenvalue weighted by atomic mass is 9.84. The predicted octanol–water partition coefficient (Wildman–Crippen LogP) is 5.20. The van der Waals surface area contributed by atoms with Crippen LogP contribution in [0.2, 0.25) is 0 Å². The lowest BCUT2D eigenvalue weighted by molar-refractivity contribution is -0.384. The van der Waals surface area contributed by atoms with Gasteiger partial charge in [-0.3, -0.25) is 10.1 Å². The van der Waals surface area contributed by atoms with Gasteiger partial charge in [0, 0.05) is 23.8 Å². The first-order chi connectivity index (χ1) is 14.0. The molecule has 1 aromatic heterocycles. The van der Waals surface area contributed by atoms with E-state index in [0.29, 0.717) is 11.5 Å². The van der Waals surface area contributed by atoms with Gasteiger partial charge in [0.2, 0.25) is 0 Å². The molecule has 0 saturated heterocycles. The molecule has 7 nitrogen and oxygen atoms in total. The molecule has 1 aliphatic rings. The first-order valence-electron chi connectivity index (χ1n) is 9.61. The number of hydrogen-bond donors (Lipinski definition) is 1. The molecule has 1 heterocycles. The van der Waals surface area contributed by atoms with Crippen LogP contribution in [0.1, 0.15) is 54.8 Å². The second kappa shape index (κ2) is 7.87. The van der Waals surface area contributed by atoms with Crippen LogP contribution in [0.5, 0.6) is 0 Å². The van der Waals surface area contributed by atoms with E-state index in [9.17, 15) is 20.0 Å². The van der Waals surface area contributed by atoms with E-state index in [1.165, 1.54) is 61.9 Å². The fourth-order valence-electron chi connectivity index (χ4n) is 3.79. The fraction of sp³-hybridized carbons (Fsp3) is 0.273. The molecular weight excluding hydrogens is 372 g/mol. The molecule has 1 aliphatic carbocycles. The highest BCUT2D eigenvalue weighted by Gasteiger charge is 2.16. The second-order valence-corrected chi connectivity index (χ2v) is 7.28. The summed E-state index contributed by atoms with van der Waals surface area (Å²) in [6.07, 6.45) is 7.39. The highest BCUT2D eigenvalue weighted by atomic mass is 16.6. The summed E-state index contributed by atoms with van der Waals surface area (Å²) in [6, 6.07) is 11.5. The van der Waals surface area contributed by atoms with Crippen LogP contribution in [0.3, 0.4) is 0 Å². The summed E-state index contributed by atoms with van der Waals surface area (Å²) < 4.78 is 5.17. The van der Waals surface area contributed by atoms with Crippen molar-refractivity contribution in [3.05, 3.63) is 79.8 Å². The standard InChI is InChI=1S/C22H20N2O5/c25-20(16-8-6-15(7-9-16)14-4-2-1-3-5-14)13-19-22(26)29-21-11-10-17(24(27)28)12-18(21)23-19/h6-14,25H,1-5H2/b20-13-. The maximum atomic E-state index is 12.2. The molecule has 7 heteroatoms. The van der Waals surface area contributed by atoms with Crippen LogP contribution in [0, 0.1) is 10.1 Å². The number of aliphatic hydroxyl groups is 1. The Balaban J connectivity index is 1.64. The Morgan fingerprint density at radius 1 is 1.14 bits per heavy atom. The monoisotopic (exact) mass is 392 g/mol. The Bertz CT molecular complexity index is 1140. The quantitative estimate of drug-likeness (QED) is 0.371. The van der Waals surface area contributed by atoms with E-state index in [0.717, 1.165) is 0 Å². The van der Waals surface area contributed by atoms with Gasteiger partial charge >= 0.3 is 5.63 Å². The van der Waals surface area contributed by atoms with E-state index in [2.05, 4.69) is 4.98 Å². The van der Waals surface area contributed by atoms with Crippen LogP contribution < -0.4 is 5.63 Å². The molecule has 0 unspecified atom stereocenters. The van der Waals surface area contributed by atoms with Gasteiger partial charge in [-0.15, -0.1) is 0 Å². The average molecular weight is 392 g/mol. The maximum Gasteiger partial charge on any atom is 0.362 e. The molecule has 4 rings (SSSR count). The molecule has 2 aromatic carbocycles. The van der Waals surface area contributed by atoms with Gasteiger partial charge in [0.25, 0.3) is 5.69 Å². The molecule has 148 valence electrons. The van der Waals surface area contributed by atoms with Crippen molar-refractivity contribution >= 4 is 28.6 Å². The van der Waals surface area contributed by atoms with Crippen LogP contribution in [-0.4, -0.2) is 15.0 Å². The number of nitro groups is 1. The molecule has 1 saturated carbocycles. The Morgan fingerprint density at radius 2 is 1.86 bits per heavy atom. The van der Waals surface area contributed by atoms with Crippen LogP contribution >= 0.6 is 0 Å². The maximum absolute atomic E-state index is 12.2. The lowest BCUT2D eigenvalue weighted by Gasteiger charge is -2.22. The number of aliphatic hydroxyl groups excluding tert-OH is 1. The molecule has 0 amide bonds. The van der Waals surface area contributed by atoms with Gasteiger partial charge in [0.15, 0.2) is 11.3 Å². The third kappa shape index (κ3) is 4.03. The van der Waals surface area contributed by atoms with Crippen molar-refractivity contribution in [1.29, 1.82) is 0 Å². The van der Waals surface area contributed by atoms with Gasteiger partial charge in [-0.1, -0.05) is 43.5 Å². The minimum atomic E-state index is -0.725. The van der Waals surface area contributed by atoms with Crippen molar-refractivity contribution in [1.82, 2.24) is 4.98 Å². The normalized spacial score (nSPS) is 15.5. The topological polar surface area (TPSA) is 106 Å². The van der Waals surface area contributed by atoms with E-state index >= 15 is 0 Å². The zero-order chi connectivity index (χ0) is 20.4. The summed E-state index contributed by atoms with van der Waals surface area (Å²) >= 11 is 0. The summed E-state index contributed by atoms with van der Waals surface area (Å²) in [6.45, 7) is 0. The van der Waals surface area contributed by atoms with E-state index in [-0.39, 0.29) is 28.2 Å². The lowest BCUT2D eigenvalue weighted by Crippen LogP contribution is -2.07. The Kier molecular flexibility index (Phi) is 5.12. The molecule has 29 heavy (non-hydrogen) atoms. The Hall–Kier alpha value is -3.48.